The molecule has 0 bridgehead atoms. The third-order valence-electron chi connectivity index (χ3n) is 5.87. The first-order chi connectivity index (χ1) is 13.3. The minimum Gasteiger partial charge on any atom is -0.353 e. The molecular formula is C22H28N4O. The number of anilines is 1. The summed E-state index contributed by atoms with van der Waals surface area (Å²) in [5.74, 6) is 1.90. The Hall–Kier alpha value is -2.43. The lowest BCUT2D eigenvalue weighted by Crippen LogP contribution is -2.49. The second-order valence-corrected chi connectivity index (χ2v) is 7.70. The molecular weight excluding hydrogens is 336 g/mol. The molecule has 0 spiro atoms. The van der Waals surface area contributed by atoms with E-state index in [2.05, 4.69) is 33.1 Å². The number of carbonyl (C=O) groups is 1. The van der Waals surface area contributed by atoms with Gasteiger partial charge in [0.1, 0.15) is 12.1 Å². The van der Waals surface area contributed by atoms with Crippen molar-refractivity contribution in [3.8, 4) is 11.3 Å². The van der Waals surface area contributed by atoms with E-state index >= 15 is 0 Å². The summed E-state index contributed by atoms with van der Waals surface area (Å²) < 4.78 is 0. The Balaban J connectivity index is 1.34. The molecule has 4 rings (SSSR count). The van der Waals surface area contributed by atoms with Crippen LogP contribution in [0.1, 0.15) is 38.5 Å². The number of benzene rings is 1. The molecule has 0 atom stereocenters. The monoisotopic (exact) mass is 364 g/mol. The van der Waals surface area contributed by atoms with Gasteiger partial charge in [-0.25, -0.2) is 9.97 Å². The minimum absolute atomic E-state index is 0.342. The molecule has 1 aromatic heterocycles. The molecule has 1 aromatic carbocycles. The van der Waals surface area contributed by atoms with E-state index in [1.54, 1.807) is 6.33 Å². The fourth-order valence-electron chi connectivity index (χ4n) is 4.24. The van der Waals surface area contributed by atoms with Crippen molar-refractivity contribution in [2.45, 2.75) is 38.5 Å². The Morgan fingerprint density at radius 3 is 2.44 bits per heavy atom. The number of rotatable bonds is 4. The predicted molar refractivity (Wildman–Crippen MR) is 107 cm³/mol. The highest BCUT2D eigenvalue weighted by atomic mass is 16.2. The summed E-state index contributed by atoms with van der Waals surface area (Å²) in [6.45, 7) is 3.25. The van der Waals surface area contributed by atoms with E-state index in [-0.39, 0.29) is 0 Å². The number of aromatic nitrogens is 2. The van der Waals surface area contributed by atoms with Gasteiger partial charge in [-0.3, -0.25) is 4.79 Å². The maximum atomic E-state index is 12.6. The van der Waals surface area contributed by atoms with Crippen LogP contribution >= 0.6 is 0 Å². The van der Waals surface area contributed by atoms with Crippen LogP contribution in [-0.4, -0.2) is 47.0 Å². The Kier molecular flexibility index (Phi) is 5.66. The van der Waals surface area contributed by atoms with Crippen LogP contribution in [0.15, 0.2) is 42.7 Å². The Morgan fingerprint density at radius 1 is 0.963 bits per heavy atom. The highest BCUT2D eigenvalue weighted by Gasteiger charge is 2.25. The first-order valence-corrected chi connectivity index (χ1v) is 10.2. The number of carbonyl (C=O) groups excluding carboxylic acids is 1. The van der Waals surface area contributed by atoms with Gasteiger partial charge in [0.05, 0.1) is 5.69 Å². The molecule has 0 unspecified atom stereocenters. The Labute approximate surface area is 161 Å². The first kappa shape index (κ1) is 18.0. The molecule has 1 aliphatic carbocycles. The van der Waals surface area contributed by atoms with E-state index in [1.807, 2.05) is 23.1 Å². The van der Waals surface area contributed by atoms with Crippen molar-refractivity contribution in [2.75, 3.05) is 31.1 Å². The van der Waals surface area contributed by atoms with Crippen molar-refractivity contribution in [1.82, 2.24) is 14.9 Å². The fraction of sp³-hybridized carbons (Fsp3) is 0.500. The average molecular weight is 364 g/mol. The predicted octanol–water partition coefficient (Wildman–Crippen LogP) is 3.76. The normalized spacial score (nSPS) is 18.5. The summed E-state index contributed by atoms with van der Waals surface area (Å²) in [6, 6.07) is 12.2. The maximum absolute atomic E-state index is 12.6. The van der Waals surface area contributed by atoms with Gasteiger partial charge in [0, 0.05) is 44.2 Å². The minimum atomic E-state index is 0.342. The highest BCUT2D eigenvalue weighted by Crippen LogP contribution is 2.27. The standard InChI is InChI=1S/C22H28N4O/c27-22(15-18-7-3-1-4-8-18)26-13-11-25(12-14-26)21-16-20(23-17-24-21)19-9-5-2-6-10-19/h2,5-6,9-10,16-18H,1,3-4,7-8,11-15H2. The molecule has 5 nitrogen and oxygen atoms in total. The molecule has 2 heterocycles. The number of piperazine rings is 1. The molecule has 2 aromatic rings. The van der Waals surface area contributed by atoms with Gasteiger partial charge in [-0.15, -0.1) is 0 Å². The van der Waals surface area contributed by atoms with Crippen molar-refractivity contribution >= 4 is 11.7 Å². The lowest BCUT2D eigenvalue weighted by atomic mass is 9.86. The smallest absolute Gasteiger partial charge is 0.222 e. The number of hydrogen-bond donors (Lipinski definition) is 0. The Bertz CT molecular complexity index is 750. The van der Waals surface area contributed by atoms with Gasteiger partial charge in [-0.2, -0.15) is 0 Å². The van der Waals surface area contributed by atoms with Gasteiger partial charge in [0.25, 0.3) is 0 Å². The van der Waals surface area contributed by atoms with Gasteiger partial charge >= 0.3 is 0 Å². The quantitative estimate of drug-likeness (QED) is 0.829. The van der Waals surface area contributed by atoms with Gasteiger partial charge < -0.3 is 9.80 Å². The molecule has 2 aliphatic rings. The summed E-state index contributed by atoms with van der Waals surface area (Å²) in [4.78, 5) is 25.8. The van der Waals surface area contributed by atoms with Crippen LogP contribution in [0, 0.1) is 5.92 Å². The van der Waals surface area contributed by atoms with Crippen molar-refractivity contribution < 1.29 is 4.79 Å². The van der Waals surface area contributed by atoms with Gasteiger partial charge in [0.2, 0.25) is 5.91 Å². The SMILES string of the molecule is O=C(CC1CCCCC1)N1CCN(c2cc(-c3ccccc3)ncn2)CC1. The summed E-state index contributed by atoms with van der Waals surface area (Å²) in [7, 11) is 0. The lowest BCUT2D eigenvalue weighted by Gasteiger charge is -2.36. The zero-order chi connectivity index (χ0) is 18.5. The van der Waals surface area contributed by atoms with Crippen LogP contribution in [0.25, 0.3) is 11.3 Å². The molecule has 1 amide bonds. The maximum Gasteiger partial charge on any atom is 0.222 e. The number of amides is 1. The molecule has 142 valence electrons. The molecule has 1 aliphatic heterocycles. The second-order valence-electron chi connectivity index (χ2n) is 7.70. The van der Waals surface area contributed by atoms with Gasteiger partial charge in [-0.1, -0.05) is 49.6 Å². The summed E-state index contributed by atoms with van der Waals surface area (Å²) >= 11 is 0. The van der Waals surface area contributed by atoms with Crippen molar-refractivity contribution in [2.24, 2.45) is 5.92 Å². The first-order valence-electron chi connectivity index (χ1n) is 10.2. The lowest BCUT2D eigenvalue weighted by molar-refractivity contribution is -0.132. The fourth-order valence-corrected chi connectivity index (χ4v) is 4.24. The van der Waals surface area contributed by atoms with Crippen molar-refractivity contribution in [3.05, 3.63) is 42.7 Å². The van der Waals surface area contributed by atoms with Crippen molar-refractivity contribution in [3.63, 3.8) is 0 Å². The third kappa shape index (κ3) is 4.46. The van der Waals surface area contributed by atoms with E-state index in [4.69, 9.17) is 0 Å². The highest BCUT2D eigenvalue weighted by molar-refractivity contribution is 5.76. The molecule has 5 heteroatoms. The largest absolute Gasteiger partial charge is 0.353 e. The molecule has 0 N–H and O–H groups in total. The van der Waals surface area contributed by atoms with E-state index in [0.717, 1.165) is 49.7 Å². The van der Waals surface area contributed by atoms with Crippen LogP contribution in [0.4, 0.5) is 5.82 Å². The van der Waals surface area contributed by atoms with Crippen molar-refractivity contribution in [1.29, 1.82) is 0 Å². The van der Waals surface area contributed by atoms with Gasteiger partial charge in [0.15, 0.2) is 0 Å². The van der Waals surface area contributed by atoms with Crippen LogP contribution < -0.4 is 4.90 Å². The molecule has 2 fully saturated rings. The topological polar surface area (TPSA) is 49.3 Å². The van der Waals surface area contributed by atoms with Crippen LogP contribution in [-0.2, 0) is 4.79 Å². The zero-order valence-electron chi connectivity index (χ0n) is 15.9. The van der Waals surface area contributed by atoms with Crippen LogP contribution in [0.2, 0.25) is 0 Å². The van der Waals surface area contributed by atoms with E-state index < -0.39 is 0 Å². The second kappa shape index (κ2) is 8.51. The molecule has 1 saturated carbocycles. The van der Waals surface area contributed by atoms with E-state index in [0.29, 0.717) is 11.8 Å². The summed E-state index contributed by atoms with van der Waals surface area (Å²) in [5, 5.41) is 0. The molecule has 1 saturated heterocycles. The van der Waals surface area contributed by atoms with Crippen LogP contribution in [0.5, 0.6) is 0 Å². The third-order valence-corrected chi connectivity index (χ3v) is 5.87. The number of nitrogens with zero attached hydrogens (tertiary/aromatic N) is 4. The van der Waals surface area contributed by atoms with E-state index in [1.165, 1.54) is 32.1 Å². The molecule has 0 radical (unpaired) electrons. The molecule has 27 heavy (non-hydrogen) atoms. The average Bonchev–Trinajstić information content (AvgIpc) is 2.75. The van der Waals surface area contributed by atoms with E-state index in [9.17, 15) is 4.79 Å². The summed E-state index contributed by atoms with van der Waals surface area (Å²) in [6.07, 6.45) is 8.77. The zero-order valence-corrected chi connectivity index (χ0v) is 15.9. The summed E-state index contributed by atoms with van der Waals surface area (Å²) in [5.41, 5.74) is 2.04. The van der Waals surface area contributed by atoms with Crippen LogP contribution in [0.3, 0.4) is 0 Å². The number of hydrogen-bond acceptors (Lipinski definition) is 4. The van der Waals surface area contributed by atoms with Gasteiger partial charge in [-0.05, 0) is 18.8 Å². The Morgan fingerprint density at radius 2 is 1.70 bits per heavy atom.